The fraction of sp³-hybridized carbons (Fsp3) is 0.333. The van der Waals surface area contributed by atoms with Gasteiger partial charge < -0.3 is 19.4 Å². The van der Waals surface area contributed by atoms with Crippen molar-refractivity contribution in [2.75, 3.05) is 12.4 Å². The highest BCUT2D eigenvalue weighted by Crippen LogP contribution is 2.13. The molecule has 1 amide bonds. The van der Waals surface area contributed by atoms with E-state index in [2.05, 4.69) is 23.5 Å². The molecule has 0 fully saturated rings. The first-order chi connectivity index (χ1) is 12.6. The molecule has 2 aromatic rings. The van der Waals surface area contributed by atoms with Crippen molar-refractivity contribution in [2.45, 2.75) is 39.8 Å². The number of hydrogen-bond acceptors (Lipinski definition) is 5. The molecular formula is C21H27N3O3. The van der Waals surface area contributed by atoms with E-state index in [0.717, 1.165) is 22.2 Å². The quantitative estimate of drug-likeness (QED) is 0.877. The van der Waals surface area contributed by atoms with Crippen LogP contribution in [0.1, 0.15) is 32.1 Å². The van der Waals surface area contributed by atoms with E-state index in [1.54, 1.807) is 25.5 Å². The Morgan fingerprint density at radius 1 is 1.44 bits per heavy atom. The lowest BCUT2D eigenvalue weighted by Crippen LogP contribution is -2.34. The average Bonchev–Trinajstić information content (AvgIpc) is 2.86. The van der Waals surface area contributed by atoms with Crippen molar-refractivity contribution in [3.8, 4) is 0 Å². The Balaban J connectivity index is 2.33. The highest BCUT2D eigenvalue weighted by Gasteiger charge is 2.21. The maximum absolute atomic E-state index is 12.2. The van der Waals surface area contributed by atoms with Crippen LogP contribution in [0, 0.1) is 6.92 Å². The SMILES string of the molecule is C=C/C(Nc1cccnc1)=c1/c(C)c(CN(C)C(=O)OC(C)(C)C)oc1=C. The predicted molar refractivity (Wildman–Crippen MR) is 107 cm³/mol. The summed E-state index contributed by atoms with van der Waals surface area (Å²) in [5.74, 6) is 0.649. The largest absolute Gasteiger partial charge is 0.459 e. The van der Waals surface area contributed by atoms with Gasteiger partial charge in [-0.3, -0.25) is 4.98 Å². The molecule has 0 aliphatic rings. The van der Waals surface area contributed by atoms with Crippen LogP contribution in [0.25, 0.3) is 12.3 Å². The zero-order valence-electron chi connectivity index (χ0n) is 16.6. The molecule has 6 heteroatoms. The second kappa shape index (κ2) is 8.12. The second-order valence-corrected chi connectivity index (χ2v) is 7.27. The number of nitrogens with one attached hydrogen (secondary N) is 1. The first kappa shape index (κ1) is 20.3. The van der Waals surface area contributed by atoms with E-state index in [1.165, 1.54) is 4.90 Å². The average molecular weight is 369 g/mol. The van der Waals surface area contributed by atoms with E-state index in [-0.39, 0.29) is 6.54 Å². The number of pyridine rings is 1. The van der Waals surface area contributed by atoms with E-state index < -0.39 is 11.7 Å². The van der Waals surface area contributed by atoms with Crippen molar-refractivity contribution in [1.82, 2.24) is 9.88 Å². The lowest BCUT2D eigenvalue weighted by molar-refractivity contribution is 0.0273. The molecule has 0 aliphatic heterocycles. The van der Waals surface area contributed by atoms with E-state index in [1.807, 2.05) is 39.8 Å². The van der Waals surface area contributed by atoms with Gasteiger partial charge in [0, 0.05) is 29.7 Å². The summed E-state index contributed by atoms with van der Waals surface area (Å²) in [4.78, 5) is 17.8. The van der Waals surface area contributed by atoms with Gasteiger partial charge in [-0.25, -0.2) is 4.79 Å². The number of ether oxygens (including phenoxy) is 1. The monoisotopic (exact) mass is 369 g/mol. The van der Waals surface area contributed by atoms with Crippen LogP contribution in [0.15, 0.2) is 41.6 Å². The molecule has 0 bridgehead atoms. The van der Waals surface area contributed by atoms with Crippen LogP contribution >= 0.6 is 0 Å². The van der Waals surface area contributed by atoms with Crippen molar-refractivity contribution in [3.63, 3.8) is 0 Å². The Kier molecular flexibility index (Phi) is 6.10. The highest BCUT2D eigenvalue weighted by atomic mass is 16.6. The third kappa shape index (κ3) is 5.23. The zero-order valence-corrected chi connectivity index (χ0v) is 16.6. The molecule has 0 saturated heterocycles. The number of amides is 1. The first-order valence-electron chi connectivity index (χ1n) is 8.67. The van der Waals surface area contributed by atoms with Crippen LogP contribution in [0.2, 0.25) is 0 Å². The molecule has 2 aromatic heterocycles. The lowest BCUT2D eigenvalue weighted by Gasteiger charge is -2.24. The Hall–Kier alpha value is -3.02. The zero-order chi connectivity index (χ0) is 20.2. The van der Waals surface area contributed by atoms with E-state index >= 15 is 0 Å². The summed E-state index contributed by atoms with van der Waals surface area (Å²) in [7, 11) is 1.67. The molecule has 27 heavy (non-hydrogen) atoms. The number of carbonyl (C=O) groups is 1. The molecule has 0 spiro atoms. The number of carbonyl (C=O) groups excluding carboxylic acids is 1. The first-order valence-corrected chi connectivity index (χ1v) is 8.67. The molecule has 0 aromatic carbocycles. The van der Waals surface area contributed by atoms with Crippen molar-refractivity contribution >= 4 is 24.1 Å². The van der Waals surface area contributed by atoms with Crippen molar-refractivity contribution in [1.29, 1.82) is 0 Å². The smallest absolute Gasteiger partial charge is 0.410 e. The van der Waals surface area contributed by atoms with Crippen LogP contribution in [0.4, 0.5) is 10.5 Å². The topological polar surface area (TPSA) is 67.6 Å². The van der Waals surface area contributed by atoms with Crippen LogP contribution in [-0.4, -0.2) is 28.6 Å². The summed E-state index contributed by atoms with van der Waals surface area (Å²) in [6.45, 7) is 15.6. The van der Waals surface area contributed by atoms with Crippen LogP contribution in [0.5, 0.6) is 0 Å². The Morgan fingerprint density at radius 2 is 2.15 bits per heavy atom. The fourth-order valence-electron chi connectivity index (χ4n) is 2.56. The van der Waals surface area contributed by atoms with Gasteiger partial charge in [-0.05, 0) is 45.9 Å². The van der Waals surface area contributed by atoms with Crippen LogP contribution in [-0.2, 0) is 11.3 Å². The fourth-order valence-corrected chi connectivity index (χ4v) is 2.56. The summed E-state index contributed by atoms with van der Waals surface area (Å²) in [6, 6.07) is 3.75. The molecule has 1 N–H and O–H groups in total. The molecular weight excluding hydrogens is 342 g/mol. The molecule has 0 atom stereocenters. The van der Waals surface area contributed by atoms with Gasteiger partial charge in [-0.1, -0.05) is 13.2 Å². The minimum atomic E-state index is -0.552. The van der Waals surface area contributed by atoms with Crippen molar-refractivity contribution in [2.24, 2.45) is 0 Å². The van der Waals surface area contributed by atoms with Gasteiger partial charge in [0.1, 0.15) is 16.8 Å². The number of hydrogen-bond donors (Lipinski definition) is 1. The minimum Gasteiger partial charge on any atom is -0.459 e. The van der Waals surface area contributed by atoms with Gasteiger partial charge >= 0.3 is 6.09 Å². The summed E-state index contributed by atoms with van der Waals surface area (Å²) in [5.41, 5.74) is 2.44. The number of furan rings is 1. The van der Waals surface area contributed by atoms with E-state index in [9.17, 15) is 4.79 Å². The molecule has 2 rings (SSSR count). The third-order valence-corrected chi connectivity index (χ3v) is 3.82. The number of aromatic nitrogens is 1. The molecule has 0 radical (unpaired) electrons. The Labute approximate surface area is 159 Å². The molecule has 6 nitrogen and oxygen atoms in total. The number of anilines is 1. The molecule has 144 valence electrons. The maximum Gasteiger partial charge on any atom is 0.410 e. The summed E-state index contributed by atoms with van der Waals surface area (Å²) >= 11 is 0. The van der Waals surface area contributed by atoms with Crippen molar-refractivity contribution in [3.05, 3.63) is 59.1 Å². The van der Waals surface area contributed by atoms with Gasteiger partial charge in [0.05, 0.1) is 18.4 Å². The van der Waals surface area contributed by atoms with Gasteiger partial charge in [0.2, 0.25) is 0 Å². The standard InChI is InChI=1S/C21H27N3O3/c1-8-17(23-16-10-9-11-22-12-16)19-14(2)18(26-15(19)3)13-24(7)20(25)27-21(4,5)6/h8-12,23H,1,3,13H2,2,4-7H3/b19-17+. The lowest BCUT2D eigenvalue weighted by atomic mass is 10.1. The highest BCUT2D eigenvalue weighted by molar-refractivity contribution is 5.71. The molecule has 0 aliphatic carbocycles. The molecule has 0 unspecified atom stereocenters. The Bertz CT molecular complexity index is 924. The molecule has 0 saturated carbocycles. The van der Waals surface area contributed by atoms with Gasteiger partial charge in [-0.15, -0.1) is 0 Å². The van der Waals surface area contributed by atoms with E-state index in [4.69, 9.17) is 9.15 Å². The predicted octanol–water partition coefficient (Wildman–Crippen LogP) is 3.17. The normalized spacial score (nSPS) is 12.3. The second-order valence-electron chi connectivity index (χ2n) is 7.27. The van der Waals surface area contributed by atoms with Gasteiger partial charge in [0.15, 0.2) is 0 Å². The number of rotatable bonds is 5. The van der Waals surface area contributed by atoms with Gasteiger partial charge in [0.25, 0.3) is 0 Å². The summed E-state index contributed by atoms with van der Waals surface area (Å²) in [5, 5.41) is 4.10. The summed E-state index contributed by atoms with van der Waals surface area (Å²) < 4.78 is 11.2. The van der Waals surface area contributed by atoms with Crippen LogP contribution < -0.4 is 16.0 Å². The van der Waals surface area contributed by atoms with E-state index in [0.29, 0.717) is 11.2 Å². The maximum atomic E-state index is 12.2. The van der Waals surface area contributed by atoms with Crippen LogP contribution in [0.3, 0.4) is 0 Å². The van der Waals surface area contributed by atoms with Crippen molar-refractivity contribution < 1.29 is 13.9 Å². The molecule has 2 heterocycles. The van der Waals surface area contributed by atoms with Gasteiger partial charge in [-0.2, -0.15) is 0 Å². The Morgan fingerprint density at radius 3 is 2.70 bits per heavy atom. The minimum absolute atomic E-state index is 0.278. The number of nitrogens with zero attached hydrogens (tertiary/aromatic N) is 2. The summed E-state index contributed by atoms with van der Waals surface area (Å²) in [6.07, 6.45) is 4.73. The third-order valence-electron chi connectivity index (χ3n) is 3.82.